The summed E-state index contributed by atoms with van der Waals surface area (Å²) < 4.78 is 0. The van der Waals surface area contributed by atoms with Gasteiger partial charge in [0.05, 0.1) is 6.04 Å². The lowest BCUT2D eigenvalue weighted by Gasteiger charge is -2.29. The third kappa shape index (κ3) is 3.80. The van der Waals surface area contributed by atoms with E-state index in [9.17, 15) is 15.0 Å². The highest BCUT2D eigenvalue weighted by Crippen LogP contribution is 2.25. The van der Waals surface area contributed by atoms with Crippen LogP contribution in [0.25, 0.3) is 0 Å². The van der Waals surface area contributed by atoms with Gasteiger partial charge >= 0.3 is 6.09 Å². The minimum atomic E-state index is -1.06. The van der Waals surface area contributed by atoms with Crippen LogP contribution in [-0.2, 0) is 6.54 Å². The molecule has 0 saturated heterocycles. The number of benzene rings is 1. The zero-order valence-electron chi connectivity index (χ0n) is 11.9. The average molecular weight is 306 g/mol. The van der Waals surface area contributed by atoms with Crippen LogP contribution >= 0.6 is 11.3 Å². The van der Waals surface area contributed by atoms with E-state index < -0.39 is 18.2 Å². The molecule has 0 unspecified atom stereocenters. The molecule has 2 rings (SSSR count). The summed E-state index contributed by atoms with van der Waals surface area (Å²) in [6, 6.07) is 8.76. The molecule has 21 heavy (non-hydrogen) atoms. The number of nitrogens with zero attached hydrogens (tertiary/aromatic N) is 2. The summed E-state index contributed by atoms with van der Waals surface area (Å²) in [5.41, 5.74) is 1.71. The minimum absolute atomic E-state index is 0.235. The molecule has 112 valence electrons. The van der Waals surface area contributed by atoms with E-state index in [2.05, 4.69) is 4.98 Å². The highest BCUT2D eigenvalue weighted by Gasteiger charge is 2.28. The Labute approximate surface area is 127 Å². The van der Waals surface area contributed by atoms with Crippen molar-refractivity contribution in [3.63, 3.8) is 0 Å². The van der Waals surface area contributed by atoms with Gasteiger partial charge in [0.1, 0.15) is 11.1 Å². The minimum Gasteiger partial charge on any atom is -0.465 e. The molecule has 0 aliphatic heterocycles. The van der Waals surface area contributed by atoms with Crippen LogP contribution in [0, 0.1) is 6.92 Å². The molecule has 0 radical (unpaired) electrons. The first-order chi connectivity index (χ1) is 9.99. The molecule has 5 nitrogen and oxygen atoms in total. The lowest BCUT2D eigenvalue weighted by atomic mass is 10.1. The topological polar surface area (TPSA) is 73.7 Å². The van der Waals surface area contributed by atoms with Crippen LogP contribution < -0.4 is 0 Å². The smallest absolute Gasteiger partial charge is 0.407 e. The molecule has 1 amide bonds. The van der Waals surface area contributed by atoms with Gasteiger partial charge in [-0.25, -0.2) is 9.78 Å². The van der Waals surface area contributed by atoms with Gasteiger partial charge in [-0.15, -0.1) is 11.3 Å². The second-order valence-electron chi connectivity index (χ2n) is 4.91. The van der Waals surface area contributed by atoms with Crippen molar-refractivity contribution >= 4 is 17.4 Å². The summed E-state index contributed by atoms with van der Waals surface area (Å²) >= 11 is 1.34. The molecule has 2 N–H and O–H groups in total. The molecule has 1 aromatic heterocycles. The second-order valence-corrected chi connectivity index (χ2v) is 5.80. The quantitative estimate of drug-likeness (QED) is 0.890. The van der Waals surface area contributed by atoms with E-state index in [-0.39, 0.29) is 6.54 Å². The molecule has 0 saturated carbocycles. The maximum Gasteiger partial charge on any atom is 0.407 e. The first kappa shape index (κ1) is 15.5. The summed E-state index contributed by atoms with van der Waals surface area (Å²) in [4.78, 5) is 16.9. The van der Waals surface area contributed by atoms with Crippen molar-refractivity contribution in [1.82, 2.24) is 9.88 Å². The zero-order valence-corrected chi connectivity index (χ0v) is 12.7. The number of thiazole rings is 1. The van der Waals surface area contributed by atoms with E-state index in [0.717, 1.165) is 11.3 Å². The van der Waals surface area contributed by atoms with Crippen LogP contribution in [0.2, 0.25) is 0 Å². The average Bonchev–Trinajstić information content (AvgIpc) is 2.90. The summed E-state index contributed by atoms with van der Waals surface area (Å²) in [7, 11) is 0. The van der Waals surface area contributed by atoms with E-state index in [1.54, 1.807) is 6.92 Å². The van der Waals surface area contributed by atoms with Crippen LogP contribution in [-0.4, -0.2) is 32.2 Å². The highest BCUT2D eigenvalue weighted by molar-refractivity contribution is 7.09. The Morgan fingerprint density at radius 2 is 2.05 bits per heavy atom. The Balaban J connectivity index is 2.15. The summed E-state index contributed by atoms with van der Waals surface area (Å²) in [6.07, 6.45) is -1.98. The molecule has 0 aliphatic rings. The van der Waals surface area contributed by atoms with Gasteiger partial charge in [-0.05, 0) is 19.4 Å². The summed E-state index contributed by atoms with van der Waals surface area (Å²) in [5, 5.41) is 22.1. The van der Waals surface area contributed by atoms with Crippen LogP contribution in [0.5, 0.6) is 0 Å². The standard InChI is InChI=1S/C15H18N2O3S/c1-10-9-21-14(16-10)13(18)11(2)17(15(19)20)8-12-6-4-3-5-7-12/h3-7,9,11,13,18H,8H2,1-2H3,(H,19,20)/t11-,13-/m0/s1. The van der Waals surface area contributed by atoms with Crippen LogP contribution in [0.15, 0.2) is 35.7 Å². The first-order valence-corrected chi connectivity index (χ1v) is 7.50. The van der Waals surface area contributed by atoms with Crippen molar-refractivity contribution in [2.45, 2.75) is 32.5 Å². The van der Waals surface area contributed by atoms with Gasteiger partial charge in [-0.2, -0.15) is 0 Å². The van der Waals surface area contributed by atoms with Gasteiger partial charge in [0.25, 0.3) is 0 Å². The van der Waals surface area contributed by atoms with Crippen LogP contribution in [0.4, 0.5) is 4.79 Å². The molecule has 0 fully saturated rings. The van der Waals surface area contributed by atoms with E-state index in [1.807, 2.05) is 42.6 Å². The number of rotatable bonds is 5. The second kappa shape index (κ2) is 6.69. The molecule has 1 aromatic carbocycles. The Kier molecular flexibility index (Phi) is 4.93. The lowest BCUT2D eigenvalue weighted by molar-refractivity contribution is 0.0515. The molecule has 0 aliphatic carbocycles. The van der Waals surface area contributed by atoms with Gasteiger partial charge in [-0.3, -0.25) is 4.90 Å². The zero-order chi connectivity index (χ0) is 15.4. The third-order valence-corrected chi connectivity index (χ3v) is 4.31. The summed E-state index contributed by atoms with van der Waals surface area (Å²) in [5.74, 6) is 0. The van der Waals surface area contributed by atoms with Crippen molar-refractivity contribution in [2.24, 2.45) is 0 Å². The van der Waals surface area contributed by atoms with Gasteiger partial charge in [0, 0.05) is 17.6 Å². The predicted octanol–water partition coefficient (Wildman–Crippen LogP) is 3.05. The van der Waals surface area contributed by atoms with Crippen molar-refractivity contribution in [2.75, 3.05) is 0 Å². The summed E-state index contributed by atoms with van der Waals surface area (Å²) in [6.45, 7) is 3.77. The number of hydrogen-bond donors (Lipinski definition) is 2. The SMILES string of the molecule is Cc1csc([C@@H](O)[C@H](C)N(Cc2ccccc2)C(=O)O)n1. The van der Waals surface area contributed by atoms with Crippen molar-refractivity contribution in [3.05, 3.63) is 52.0 Å². The first-order valence-electron chi connectivity index (χ1n) is 6.62. The lowest BCUT2D eigenvalue weighted by Crippen LogP contribution is -2.40. The number of carbonyl (C=O) groups is 1. The normalized spacial score (nSPS) is 13.7. The Morgan fingerprint density at radius 3 is 2.57 bits per heavy atom. The number of aliphatic hydroxyl groups is 1. The fourth-order valence-electron chi connectivity index (χ4n) is 2.05. The number of amides is 1. The maximum absolute atomic E-state index is 11.5. The number of aromatic nitrogens is 1. The third-order valence-electron chi connectivity index (χ3n) is 3.28. The Morgan fingerprint density at radius 1 is 1.38 bits per heavy atom. The Hall–Kier alpha value is -1.92. The number of aliphatic hydroxyl groups excluding tert-OH is 1. The van der Waals surface area contributed by atoms with Crippen molar-refractivity contribution in [3.8, 4) is 0 Å². The fraction of sp³-hybridized carbons (Fsp3) is 0.333. The maximum atomic E-state index is 11.5. The predicted molar refractivity (Wildman–Crippen MR) is 81.3 cm³/mol. The highest BCUT2D eigenvalue weighted by atomic mass is 32.1. The van der Waals surface area contributed by atoms with Gasteiger partial charge in [0.2, 0.25) is 0 Å². The van der Waals surface area contributed by atoms with E-state index in [1.165, 1.54) is 16.2 Å². The Bertz CT molecular complexity index is 600. The van der Waals surface area contributed by atoms with Crippen LogP contribution in [0.3, 0.4) is 0 Å². The largest absolute Gasteiger partial charge is 0.465 e. The van der Waals surface area contributed by atoms with E-state index in [4.69, 9.17) is 0 Å². The van der Waals surface area contributed by atoms with Crippen molar-refractivity contribution < 1.29 is 15.0 Å². The molecule has 1 heterocycles. The molecule has 2 aromatic rings. The molecular weight excluding hydrogens is 288 g/mol. The van der Waals surface area contributed by atoms with Gasteiger partial charge in [0.15, 0.2) is 0 Å². The van der Waals surface area contributed by atoms with E-state index in [0.29, 0.717) is 5.01 Å². The molecule has 0 spiro atoms. The van der Waals surface area contributed by atoms with Gasteiger partial charge in [-0.1, -0.05) is 30.3 Å². The van der Waals surface area contributed by atoms with E-state index >= 15 is 0 Å². The monoisotopic (exact) mass is 306 g/mol. The van der Waals surface area contributed by atoms with Crippen LogP contribution in [0.1, 0.15) is 29.3 Å². The molecular formula is C15H18N2O3S. The number of carboxylic acid groups (broad SMARTS) is 1. The number of aryl methyl sites for hydroxylation is 1. The molecule has 0 bridgehead atoms. The van der Waals surface area contributed by atoms with Gasteiger partial charge < -0.3 is 10.2 Å². The van der Waals surface area contributed by atoms with Crippen molar-refractivity contribution in [1.29, 1.82) is 0 Å². The molecule has 6 heteroatoms. The fourth-order valence-corrected chi connectivity index (χ4v) is 2.93. The number of hydrogen-bond acceptors (Lipinski definition) is 4. The molecule has 2 atom stereocenters.